The van der Waals surface area contributed by atoms with Gasteiger partial charge in [0.15, 0.2) is 0 Å². The van der Waals surface area contributed by atoms with E-state index in [1.54, 1.807) is 5.32 Å². The fraction of sp³-hybridized carbons (Fsp3) is 0.750. The largest absolute Gasteiger partial charge is 0.480 e. The van der Waals surface area contributed by atoms with E-state index in [4.69, 9.17) is 5.11 Å². The van der Waals surface area contributed by atoms with Crippen molar-refractivity contribution in [2.75, 3.05) is 19.6 Å². The van der Waals surface area contributed by atoms with Crippen LogP contribution in [-0.4, -0.2) is 54.0 Å². The molecule has 0 aromatic carbocycles. The van der Waals surface area contributed by atoms with E-state index in [1.807, 2.05) is 0 Å². The van der Waals surface area contributed by atoms with Crippen LogP contribution < -0.4 is 5.32 Å². The van der Waals surface area contributed by atoms with Gasteiger partial charge in [-0.2, -0.15) is 26.3 Å². The number of urea groups is 1. The number of hydrogen-bond acceptors (Lipinski definition) is 2. The van der Waals surface area contributed by atoms with Crippen LogP contribution in [0.4, 0.5) is 31.1 Å². The number of aliphatic carboxylic acids is 1. The Morgan fingerprint density at radius 3 is 1.95 bits per heavy atom. The van der Waals surface area contributed by atoms with Crippen LogP contribution in [0, 0.1) is 0 Å². The third kappa shape index (κ3) is 9.97. The molecule has 112 valence electrons. The molecule has 0 fully saturated rings. The normalized spacial score (nSPS) is 12.1. The van der Waals surface area contributed by atoms with Gasteiger partial charge in [-0.15, -0.1) is 0 Å². The summed E-state index contributed by atoms with van der Waals surface area (Å²) in [5.41, 5.74) is 0. The summed E-state index contributed by atoms with van der Waals surface area (Å²) in [6, 6.07) is -1.52. The first-order chi connectivity index (χ1) is 8.41. The van der Waals surface area contributed by atoms with E-state index in [0.717, 1.165) is 0 Å². The predicted molar refractivity (Wildman–Crippen MR) is 49.3 cm³/mol. The zero-order valence-electron chi connectivity index (χ0n) is 9.31. The van der Waals surface area contributed by atoms with Crippen LogP contribution in [-0.2, 0) is 4.79 Å². The number of hydrogen-bond donors (Lipinski definition) is 2. The minimum absolute atomic E-state index is 0.140. The monoisotopic (exact) mass is 296 g/mol. The van der Waals surface area contributed by atoms with E-state index in [0.29, 0.717) is 0 Å². The van der Waals surface area contributed by atoms with Gasteiger partial charge in [-0.25, -0.2) is 4.79 Å². The number of amides is 2. The van der Waals surface area contributed by atoms with Gasteiger partial charge in [0.1, 0.15) is 13.1 Å². The molecule has 5 nitrogen and oxygen atoms in total. The Kier molecular flexibility index (Phi) is 5.90. The van der Waals surface area contributed by atoms with Gasteiger partial charge in [-0.3, -0.25) is 4.79 Å². The number of carbonyl (C=O) groups excluding carboxylic acids is 1. The van der Waals surface area contributed by atoms with Crippen molar-refractivity contribution in [1.82, 2.24) is 10.2 Å². The molecule has 0 spiro atoms. The molecule has 0 heterocycles. The standard InChI is InChI=1S/C8H10F6N2O3/c9-7(10,11)1-2-15-6(19)16(3-5(17)18)4-8(12,13)14/h1-4H2,(H,15,19)(H,17,18). The van der Waals surface area contributed by atoms with Gasteiger partial charge in [0.2, 0.25) is 0 Å². The molecule has 0 bridgehead atoms. The highest BCUT2D eigenvalue weighted by Crippen LogP contribution is 2.19. The van der Waals surface area contributed by atoms with E-state index >= 15 is 0 Å². The Morgan fingerprint density at radius 1 is 1.05 bits per heavy atom. The van der Waals surface area contributed by atoms with Crippen molar-refractivity contribution in [3.63, 3.8) is 0 Å². The highest BCUT2D eigenvalue weighted by molar-refractivity contribution is 5.80. The third-order valence-corrected chi connectivity index (χ3v) is 1.67. The molecule has 0 aliphatic carbocycles. The number of alkyl halides is 6. The topological polar surface area (TPSA) is 69.6 Å². The minimum Gasteiger partial charge on any atom is -0.480 e. The number of nitrogens with zero attached hydrogens (tertiary/aromatic N) is 1. The summed E-state index contributed by atoms with van der Waals surface area (Å²) in [6.45, 7) is -4.06. The van der Waals surface area contributed by atoms with Crippen LogP contribution in [0.15, 0.2) is 0 Å². The number of nitrogens with one attached hydrogen (secondary N) is 1. The first-order valence-electron chi connectivity index (χ1n) is 4.79. The lowest BCUT2D eigenvalue weighted by Gasteiger charge is -2.22. The second-order valence-corrected chi connectivity index (χ2v) is 3.46. The molecule has 0 saturated carbocycles. The number of carbonyl (C=O) groups is 2. The SMILES string of the molecule is O=C(O)CN(CC(F)(F)F)C(=O)NCCC(F)(F)F. The lowest BCUT2D eigenvalue weighted by molar-refractivity contribution is -0.149. The Morgan fingerprint density at radius 2 is 1.58 bits per heavy atom. The summed E-state index contributed by atoms with van der Waals surface area (Å²) in [6.07, 6.45) is -10.8. The van der Waals surface area contributed by atoms with Crippen molar-refractivity contribution in [1.29, 1.82) is 0 Å². The maximum atomic E-state index is 12.0. The van der Waals surface area contributed by atoms with E-state index in [1.165, 1.54) is 0 Å². The maximum absolute atomic E-state index is 12.0. The third-order valence-electron chi connectivity index (χ3n) is 1.67. The maximum Gasteiger partial charge on any atom is 0.406 e. The lowest BCUT2D eigenvalue weighted by atomic mass is 10.4. The predicted octanol–water partition coefficient (Wildman–Crippen LogP) is 1.60. The average Bonchev–Trinajstić information content (AvgIpc) is 2.11. The Labute approximate surface area is 103 Å². The van der Waals surface area contributed by atoms with Crippen LogP contribution in [0.25, 0.3) is 0 Å². The van der Waals surface area contributed by atoms with Gasteiger partial charge in [0.25, 0.3) is 0 Å². The van der Waals surface area contributed by atoms with Crippen molar-refractivity contribution in [3.8, 4) is 0 Å². The molecule has 2 N–H and O–H groups in total. The summed E-state index contributed by atoms with van der Waals surface area (Å²) >= 11 is 0. The van der Waals surface area contributed by atoms with E-state index in [-0.39, 0.29) is 4.90 Å². The van der Waals surface area contributed by atoms with Crippen LogP contribution in [0.3, 0.4) is 0 Å². The molecule has 0 aromatic heterocycles. The molecule has 0 aliphatic rings. The van der Waals surface area contributed by atoms with Gasteiger partial charge in [-0.1, -0.05) is 0 Å². The summed E-state index contributed by atoms with van der Waals surface area (Å²) in [5.74, 6) is -1.71. The van der Waals surface area contributed by atoms with E-state index in [2.05, 4.69) is 0 Å². The summed E-state index contributed by atoms with van der Waals surface area (Å²) in [4.78, 5) is 21.3. The Hall–Kier alpha value is -1.68. The number of carboxylic acid groups (broad SMARTS) is 1. The smallest absolute Gasteiger partial charge is 0.406 e. The Balaban J connectivity index is 4.42. The van der Waals surface area contributed by atoms with Crippen LogP contribution in [0.1, 0.15) is 6.42 Å². The minimum atomic E-state index is -4.85. The highest BCUT2D eigenvalue weighted by atomic mass is 19.4. The molecule has 0 aromatic rings. The van der Waals surface area contributed by atoms with Crippen molar-refractivity contribution in [2.24, 2.45) is 0 Å². The molecule has 11 heteroatoms. The molecule has 0 saturated heterocycles. The van der Waals surface area contributed by atoms with Gasteiger partial charge < -0.3 is 15.3 Å². The van der Waals surface area contributed by atoms with Gasteiger partial charge >= 0.3 is 24.4 Å². The Bertz CT molecular complexity index is 327. The van der Waals surface area contributed by atoms with Crippen molar-refractivity contribution < 1.29 is 41.0 Å². The summed E-state index contributed by atoms with van der Waals surface area (Å²) in [5, 5.41) is 9.89. The second kappa shape index (κ2) is 6.48. The highest BCUT2D eigenvalue weighted by Gasteiger charge is 2.34. The zero-order valence-corrected chi connectivity index (χ0v) is 9.31. The fourth-order valence-electron chi connectivity index (χ4n) is 1.00. The van der Waals surface area contributed by atoms with Gasteiger partial charge in [-0.05, 0) is 0 Å². The lowest BCUT2D eigenvalue weighted by Crippen LogP contribution is -2.47. The molecule has 0 atom stereocenters. The molecular formula is C8H10F6N2O3. The first kappa shape index (κ1) is 17.3. The van der Waals surface area contributed by atoms with Gasteiger partial charge in [0.05, 0.1) is 6.42 Å². The fourth-order valence-corrected chi connectivity index (χ4v) is 1.00. The average molecular weight is 296 g/mol. The second-order valence-electron chi connectivity index (χ2n) is 3.46. The molecule has 0 aliphatic heterocycles. The zero-order chi connectivity index (χ0) is 15.3. The van der Waals surface area contributed by atoms with Crippen molar-refractivity contribution >= 4 is 12.0 Å². The summed E-state index contributed by atoms with van der Waals surface area (Å²) in [7, 11) is 0. The van der Waals surface area contributed by atoms with E-state index < -0.39 is 50.4 Å². The van der Waals surface area contributed by atoms with Crippen molar-refractivity contribution in [2.45, 2.75) is 18.8 Å². The number of halogens is 6. The number of rotatable bonds is 5. The van der Waals surface area contributed by atoms with Crippen LogP contribution in [0.2, 0.25) is 0 Å². The van der Waals surface area contributed by atoms with Crippen LogP contribution >= 0.6 is 0 Å². The molecule has 0 rings (SSSR count). The number of carboxylic acids is 1. The van der Waals surface area contributed by atoms with Crippen LogP contribution in [0.5, 0.6) is 0 Å². The van der Waals surface area contributed by atoms with E-state index in [9.17, 15) is 35.9 Å². The molecular weight excluding hydrogens is 286 g/mol. The van der Waals surface area contributed by atoms with Crippen molar-refractivity contribution in [3.05, 3.63) is 0 Å². The summed E-state index contributed by atoms with van der Waals surface area (Å²) < 4.78 is 71.3. The quantitative estimate of drug-likeness (QED) is 0.757. The first-order valence-corrected chi connectivity index (χ1v) is 4.79. The molecule has 0 radical (unpaired) electrons. The molecule has 19 heavy (non-hydrogen) atoms. The molecule has 0 unspecified atom stereocenters. The molecule has 2 amide bonds. The van der Waals surface area contributed by atoms with Gasteiger partial charge in [0, 0.05) is 6.54 Å².